The minimum Gasteiger partial charge on any atom is -0.326 e. The second-order valence-electron chi connectivity index (χ2n) is 6.69. The lowest BCUT2D eigenvalue weighted by atomic mass is 10.1. The predicted molar refractivity (Wildman–Crippen MR) is 116 cm³/mol. The first-order valence-corrected chi connectivity index (χ1v) is 11.5. The Labute approximate surface area is 180 Å². The van der Waals surface area contributed by atoms with Crippen LogP contribution in [-0.4, -0.2) is 26.7 Å². The molecule has 29 heavy (non-hydrogen) atoms. The van der Waals surface area contributed by atoms with Gasteiger partial charge in [-0.3, -0.25) is 14.5 Å². The Morgan fingerprint density at radius 3 is 2.38 bits per heavy atom. The summed E-state index contributed by atoms with van der Waals surface area (Å²) in [6.45, 7) is 0.637. The molecular weight excluding hydrogens is 433 g/mol. The number of hydrogen-bond acceptors (Lipinski definition) is 4. The lowest BCUT2D eigenvalue weighted by molar-refractivity contribution is -0.115. The van der Waals surface area contributed by atoms with E-state index >= 15 is 0 Å². The summed E-state index contributed by atoms with van der Waals surface area (Å²) < 4.78 is 27.7. The summed E-state index contributed by atoms with van der Waals surface area (Å²) in [5.74, 6) is 0.193. The van der Waals surface area contributed by atoms with Crippen molar-refractivity contribution in [1.29, 1.82) is 0 Å². The number of carbonyl (C=O) groups excluding carboxylic acids is 1. The summed E-state index contributed by atoms with van der Waals surface area (Å²) >= 11 is 12.2. The largest absolute Gasteiger partial charge is 0.326 e. The fourth-order valence-corrected chi connectivity index (χ4v) is 4.58. The van der Waals surface area contributed by atoms with Gasteiger partial charge < -0.3 is 5.32 Å². The van der Waals surface area contributed by atoms with Crippen molar-refractivity contribution in [2.75, 3.05) is 11.9 Å². The molecule has 2 aromatic rings. The van der Waals surface area contributed by atoms with Crippen LogP contribution < -0.4 is 10.0 Å². The number of benzene rings is 2. The van der Waals surface area contributed by atoms with E-state index in [0.29, 0.717) is 40.1 Å². The lowest BCUT2D eigenvalue weighted by Gasteiger charge is -2.11. The first-order chi connectivity index (χ1) is 13.8. The van der Waals surface area contributed by atoms with Gasteiger partial charge in [-0.15, -0.1) is 0 Å². The number of carbonyl (C=O) groups is 1. The zero-order chi connectivity index (χ0) is 20.9. The molecule has 0 aliphatic carbocycles. The maximum Gasteiger partial charge on any atom is 0.262 e. The molecule has 1 amide bonds. The van der Waals surface area contributed by atoms with E-state index in [-0.39, 0.29) is 17.2 Å². The van der Waals surface area contributed by atoms with Crippen LogP contribution in [0.4, 0.5) is 5.69 Å². The molecule has 3 rings (SSSR count). The Hall–Kier alpha value is -2.09. The molecule has 2 N–H and O–H groups in total. The highest BCUT2D eigenvalue weighted by Crippen LogP contribution is 2.25. The lowest BCUT2D eigenvalue weighted by Crippen LogP contribution is -2.30. The minimum absolute atomic E-state index is 0.0138. The van der Waals surface area contributed by atoms with Crippen molar-refractivity contribution in [2.45, 2.75) is 37.0 Å². The molecule has 0 spiro atoms. The molecule has 0 atom stereocenters. The van der Waals surface area contributed by atoms with Gasteiger partial charge >= 0.3 is 0 Å². The van der Waals surface area contributed by atoms with E-state index in [0.717, 1.165) is 19.3 Å². The Bertz CT molecular complexity index is 1000. The summed E-state index contributed by atoms with van der Waals surface area (Å²) in [4.78, 5) is 16.7. The van der Waals surface area contributed by atoms with E-state index in [1.165, 1.54) is 24.3 Å². The van der Waals surface area contributed by atoms with Crippen LogP contribution in [0.3, 0.4) is 0 Å². The number of aliphatic imine (C=N–C) groups is 1. The zero-order valence-corrected chi connectivity index (χ0v) is 17.9. The maximum absolute atomic E-state index is 12.6. The highest BCUT2D eigenvalue weighted by molar-refractivity contribution is 7.90. The first kappa shape index (κ1) is 21.6. The number of anilines is 1. The van der Waals surface area contributed by atoms with Crippen molar-refractivity contribution in [1.82, 2.24) is 4.72 Å². The van der Waals surface area contributed by atoms with Crippen LogP contribution in [0.25, 0.3) is 0 Å². The second-order valence-corrected chi connectivity index (χ2v) is 9.19. The smallest absolute Gasteiger partial charge is 0.262 e. The van der Waals surface area contributed by atoms with Crippen LogP contribution >= 0.6 is 23.2 Å². The highest BCUT2D eigenvalue weighted by Gasteiger charge is 2.17. The van der Waals surface area contributed by atoms with Crippen LogP contribution in [0.2, 0.25) is 10.0 Å². The second kappa shape index (κ2) is 9.61. The van der Waals surface area contributed by atoms with Crippen LogP contribution in [0.5, 0.6) is 0 Å². The van der Waals surface area contributed by atoms with Gasteiger partial charge in [-0.2, -0.15) is 0 Å². The number of rotatable bonds is 5. The third-order valence-electron chi connectivity index (χ3n) is 4.47. The minimum atomic E-state index is -3.71. The Morgan fingerprint density at radius 1 is 1.00 bits per heavy atom. The summed E-state index contributed by atoms with van der Waals surface area (Å²) in [5.41, 5.74) is 1.02. The zero-order valence-electron chi connectivity index (χ0n) is 15.6. The van der Waals surface area contributed by atoms with Gasteiger partial charge in [0.2, 0.25) is 5.91 Å². The fourth-order valence-electron chi connectivity index (χ4n) is 2.96. The van der Waals surface area contributed by atoms with Gasteiger partial charge in [0.05, 0.1) is 11.3 Å². The van der Waals surface area contributed by atoms with Crippen LogP contribution in [0.1, 0.15) is 31.2 Å². The number of nitrogens with one attached hydrogen (secondary N) is 2. The number of amides is 1. The van der Waals surface area contributed by atoms with Gasteiger partial charge in [-0.25, -0.2) is 8.42 Å². The van der Waals surface area contributed by atoms with E-state index in [2.05, 4.69) is 15.0 Å². The number of nitrogens with zero attached hydrogens (tertiary/aromatic N) is 1. The molecule has 0 bridgehead atoms. The predicted octanol–water partition coefficient (Wildman–Crippen LogP) is 4.43. The molecule has 1 aliphatic heterocycles. The molecule has 154 valence electrons. The monoisotopic (exact) mass is 453 g/mol. The molecule has 0 unspecified atom stereocenters. The number of sulfonamides is 1. The average Bonchev–Trinajstić information content (AvgIpc) is 2.93. The molecule has 0 aromatic heterocycles. The molecular formula is C20H21Cl2N3O3S. The van der Waals surface area contributed by atoms with Crippen molar-refractivity contribution in [2.24, 2.45) is 4.99 Å². The number of amidine groups is 1. The van der Waals surface area contributed by atoms with Gasteiger partial charge in [0, 0.05) is 28.7 Å². The molecule has 0 radical (unpaired) electrons. The Kier molecular flexibility index (Phi) is 7.16. The van der Waals surface area contributed by atoms with E-state index in [9.17, 15) is 13.2 Å². The molecule has 1 heterocycles. The summed E-state index contributed by atoms with van der Waals surface area (Å²) in [7, 11) is -3.71. The molecule has 2 aromatic carbocycles. The average molecular weight is 454 g/mol. The van der Waals surface area contributed by atoms with Crippen LogP contribution in [0.15, 0.2) is 52.4 Å². The van der Waals surface area contributed by atoms with Gasteiger partial charge in [0.15, 0.2) is 0 Å². The topological polar surface area (TPSA) is 87.6 Å². The van der Waals surface area contributed by atoms with Crippen molar-refractivity contribution in [3.8, 4) is 0 Å². The molecule has 0 saturated heterocycles. The molecule has 6 nitrogen and oxygen atoms in total. The van der Waals surface area contributed by atoms with Gasteiger partial charge in [-0.05, 0) is 54.8 Å². The Balaban J connectivity index is 1.65. The van der Waals surface area contributed by atoms with Crippen LogP contribution in [-0.2, 0) is 21.2 Å². The molecule has 0 saturated carbocycles. The molecule has 1 aliphatic rings. The quantitative estimate of drug-likeness (QED) is 0.701. The van der Waals surface area contributed by atoms with Crippen LogP contribution in [0, 0.1) is 0 Å². The third kappa shape index (κ3) is 5.95. The molecule has 0 fully saturated rings. The molecule has 9 heteroatoms. The highest BCUT2D eigenvalue weighted by atomic mass is 35.5. The summed E-state index contributed by atoms with van der Waals surface area (Å²) in [6, 6.07) is 11.0. The van der Waals surface area contributed by atoms with E-state index in [1.54, 1.807) is 18.2 Å². The van der Waals surface area contributed by atoms with Gasteiger partial charge in [-0.1, -0.05) is 35.7 Å². The normalized spacial score (nSPS) is 14.6. The number of hydrogen-bond donors (Lipinski definition) is 2. The summed E-state index contributed by atoms with van der Waals surface area (Å²) in [5, 5.41) is 3.55. The third-order valence-corrected chi connectivity index (χ3v) is 6.58. The fraction of sp³-hybridized carbons (Fsp3) is 0.300. The van der Waals surface area contributed by atoms with Gasteiger partial charge in [0.25, 0.3) is 10.0 Å². The van der Waals surface area contributed by atoms with E-state index in [4.69, 9.17) is 23.2 Å². The van der Waals surface area contributed by atoms with E-state index < -0.39 is 10.0 Å². The maximum atomic E-state index is 12.6. The number of halogens is 2. The first-order valence-electron chi connectivity index (χ1n) is 9.24. The SMILES string of the molecule is O=C(Cc1c(Cl)cccc1Cl)Nc1ccc(S(=O)(=O)NC2=NCCCCC2)cc1. The van der Waals surface area contributed by atoms with E-state index in [1.807, 2.05) is 0 Å². The summed E-state index contributed by atoms with van der Waals surface area (Å²) in [6.07, 6.45) is 3.57. The van der Waals surface area contributed by atoms with Gasteiger partial charge in [0.1, 0.15) is 5.84 Å². The Morgan fingerprint density at radius 2 is 1.69 bits per heavy atom. The van der Waals surface area contributed by atoms with Crippen molar-refractivity contribution < 1.29 is 13.2 Å². The van der Waals surface area contributed by atoms with Crippen molar-refractivity contribution in [3.63, 3.8) is 0 Å². The standard InChI is InChI=1S/C20H21Cl2N3O3S/c21-17-5-4-6-18(22)16(17)13-20(26)24-14-8-10-15(11-9-14)29(27,28)25-19-7-2-1-3-12-23-19/h4-6,8-11H,1-3,7,12-13H2,(H,23,25)(H,24,26). The van der Waals surface area contributed by atoms with Crippen molar-refractivity contribution >= 4 is 50.7 Å². The van der Waals surface area contributed by atoms with Crippen molar-refractivity contribution in [3.05, 3.63) is 58.1 Å².